The summed E-state index contributed by atoms with van der Waals surface area (Å²) in [6, 6.07) is 20.9. The fraction of sp³-hybridized carbons (Fsp3) is 0.426. The van der Waals surface area contributed by atoms with Gasteiger partial charge in [-0.05, 0) is 92.1 Å². The van der Waals surface area contributed by atoms with Crippen LogP contribution in [0.3, 0.4) is 0 Å². The molecule has 1 aliphatic carbocycles. The number of carbonyl (C=O) groups excluding carboxylic acids is 3. The molecule has 0 atom stereocenters. The van der Waals surface area contributed by atoms with Gasteiger partial charge in [-0.2, -0.15) is 0 Å². The van der Waals surface area contributed by atoms with Crippen molar-refractivity contribution in [3.8, 4) is 22.8 Å². The van der Waals surface area contributed by atoms with Gasteiger partial charge in [-0.3, -0.25) is 29.1 Å². The number of morpholine rings is 1. The minimum Gasteiger partial charge on any atom is -0.438 e. The smallest absolute Gasteiger partial charge is 0.257 e. The summed E-state index contributed by atoms with van der Waals surface area (Å²) in [5.41, 5.74) is 6.39. The fourth-order valence-electron chi connectivity index (χ4n) is 8.66. The first-order valence-electron chi connectivity index (χ1n) is 21.8. The minimum atomic E-state index is -0.640. The van der Waals surface area contributed by atoms with Crippen LogP contribution in [0.5, 0.6) is 11.6 Å². The Morgan fingerprint density at radius 3 is 2.24 bits per heavy atom. The molecule has 326 valence electrons. The number of nitrogens with one attached hydrogen (secondary N) is 4. The van der Waals surface area contributed by atoms with Gasteiger partial charge >= 0.3 is 0 Å². The summed E-state index contributed by atoms with van der Waals surface area (Å²) in [5, 5.41) is 9.18. The highest BCUT2D eigenvalue weighted by molar-refractivity contribution is 6.04. The molecular formula is C47H56FN9O5. The van der Waals surface area contributed by atoms with Gasteiger partial charge < -0.3 is 30.4 Å². The highest BCUT2D eigenvalue weighted by Gasteiger charge is 2.27. The van der Waals surface area contributed by atoms with Gasteiger partial charge in [0.15, 0.2) is 0 Å². The molecule has 2 aromatic heterocycles. The topological polar surface area (TPSA) is 157 Å². The number of hydrogen-bond donors (Lipinski definition) is 4. The quantitative estimate of drug-likeness (QED) is 0.113. The Morgan fingerprint density at radius 1 is 0.806 bits per heavy atom. The maximum absolute atomic E-state index is 14.6. The second-order valence-corrected chi connectivity index (χ2v) is 16.9. The third-order valence-electron chi connectivity index (χ3n) is 11.9. The molecule has 0 spiro atoms. The first-order valence-corrected chi connectivity index (χ1v) is 21.8. The number of ether oxygens (including phenoxy) is 2. The van der Waals surface area contributed by atoms with Crippen molar-refractivity contribution in [2.75, 3.05) is 59.0 Å². The second kappa shape index (κ2) is 20.0. The van der Waals surface area contributed by atoms with E-state index >= 15 is 0 Å². The molecule has 4 heterocycles. The van der Waals surface area contributed by atoms with Gasteiger partial charge in [0.25, 0.3) is 11.8 Å². The molecule has 3 aliphatic rings. The van der Waals surface area contributed by atoms with E-state index in [0.29, 0.717) is 62.3 Å². The van der Waals surface area contributed by atoms with Crippen LogP contribution in [0.25, 0.3) is 22.2 Å². The average molecular weight is 846 g/mol. The molecule has 3 aromatic carbocycles. The zero-order valence-electron chi connectivity index (χ0n) is 35.5. The van der Waals surface area contributed by atoms with Gasteiger partial charge in [0.2, 0.25) is 11.8 Å². The predicted molar refractivity (Wildman–Crippen MR) is 234 cm³/mol. The Bertz CT molecular complexity index is 2350. The van der Waals surface area contributed by atoms with Gasteiger partial charge in [0, 0.05) is 70.5 Å². The number of carbonyl (C=O) groups is 3. The number of nitrogens with zero attached hydrogens (tertiary/aromatic N) is 5. The van der Waals surface area contributed by atoms with Crippen LogP contribution in [0, 0.1) is 5.82 Å². The summed E-state index contributed by atoms with van der Waals surface area (Å²) in [7, 11) is 0. The van der Waals surface area contributed by atoms with Crippen molar-refractivity contribution in [1.82, 2.24) is 45.6 Å². The molecule has 62 heavy (non-hydrogen) atoms. The Kier molecular flexibility index (Phi) is 13.8. The molecule has 8 rings (SSSR count). The van der Waals surface area contributed by atoms with Gasteiger partial charge in [0.05, 0.1) is 43.4 Å². The molecular weight excluding hydrogens is 790 g/mol. The summed E-state index contributed by atoms with van der Waals surface area (Å²) in [5.74, 6) is -0.732. The zero-order valence-corrected chi connectivity index (χ0v) is 35.5. The van der Waals surface area contributed by atoms with Crippen molar-refractivity contribution < 1.29 is 28.2 Å². The van der Waals surface area contributed by atoms with Crippen LogP contribution >= 0.6 is 0 Å². The molecule has 2 saturated heterocycles. The van der Waals surface area contributed by atoms with Gasteiger partial charge in [0.1, 0.15) is 22.6 Å². The number of para-hydroxylation sites is 1. The zero-order chi connectivity index (χ0) is 43.0. The highest BCUT2D eigenvalue weighted by atomic mass is 19.1. The number of aromatic amines is 1. The van der Waals surface area contributed by atoms with E-state index in [0.717, 1.165) is 81.3 Å². The van der Waals surface area contributed by atoms with Crippen molar-refractivity contribution >= 4 is 28.8 Å². The second-order valence-electron chi connectivity index (χ2n) is 16.9. The first-order chi connectivity index (χ1) is 30.1. The normalized spacial score (nSPS) is 19.0. The minimum absolute atomic E-state index is 0.00921. The lowest BCUT2D eigenvalue weighted by Gasteiger charge is -2.34. The number of fused-ring (bicyclic) bond motifs is 1. The molecule has 2 aliphatic heterocycles. The number of piperazine rings is 1. The molecule has 14 nitrogen and oxygen atoms in total. The van der Waals surface area contributed by atoms with Crippen LogP contribution in [0.2, 0.25) is 0 Å². The van der Waals surface area contributed by atoms with Crippen molar-refractivity contribution in [3.05, 3.63) is 107 Å². The monoisotopic (exact) mass is 845 g/mol. The average Bonchev–Trinajstić information content (AvgIpc) is 3.76. The third kappa shape index (κ3) is 11.0. The molecule has 3 amide bonds. The first kappa shape index (κ1) is 42.9. The van der Waals surface area contributed by atoms with Crippen LogP contribution in [0.1, 0.15) is 71.4 Å². The standard InChI is InChI=1S/C47H56FN9O5/c1-31(2)52-43(58)29-56-17-15-55(16-18-56)27-32-9-14-39(34(23-32)28-57-19-21-61-22-20-57)33-5-3-6-38(24-33)62-47-41(25-35(48)26-49-47)46(60)54-37-12-10-36(11-13-37)53-45(59)40-7-4-8-42-44(40)51-30-50-42/h3-9,14,23-26,30-31,36-37H,10-13,15-22,27-29H2,1-2H3,(H,50,51)(H,52,58)(H,53,59)(H,54,60). The van der Waals surface area contributed by atoms with E-state index in [1.54, 1.807) is 18.5 Å². The van der Waals surface area contributed by atoms with E-state index < -0.39 is 11.7 Å². The number of amides is 3. The largest absolute Gasteiger partial charge is 0.438 e. The van der Waals surface area contributed by atoms with Gasteiger partial charge in [-0.1, -0.05) is 36.4 Å². The number of rotatable bonds is 14. The number of imidazole rings is 1. The molecule has 15 heteroatoms. The maximum Gasteiger partial charge on any atom is 0.257 e. The number of pyridine rings is 1. The summed E-state index contributed by atoms with van der Waals surface area (Å²) in [6.45, 7) is 12.5. The summed E-state index contributed by atoms with van der Waals surface area (Å²) in [6.07, 6.45) is 5.27. The van der Waals surface area contributed by atoms with E-state index in [9.17, 15) is 18.8 Å². The Hall–Kier alpha value is -5.74. The lowest BCUT2D eigenvalue weighted by atomic mass is 9.90. The van der Waals surface area contributed by atoms with Crippen LogP contribution in [0.15, 0.2) is 79.3 Å². The number of halogens is 1. The highest BCUT2D eigenvalue weighted by Crippen LogP contribution is 2.32. The number of benzene rings is 3. The Morgan fingerprint density at radius 2 is 1.50 bits per heavy atom. The van der Waals surface area contributed by atoms with Gasteiger partial charge in [-0.15, -0.1) is 0 Å². The number of H-pyrrole nitrogens is 1. The van der Waals surface area contributed by atoms with Crippen LogP contribution in [-0.4, -0.2) is 125 Å². The van der Waals surface area contributed by atoms with Gasteiger partial charge in [-0.25, -0.2) is 14.4 Å². The van der Waals surface area contributed by atoms with Crippen molar-refractivity contribution in [1.29, 1.82) is 0 Å². The molecule has 5 aromatic rings. The third-order valence-corrected chi connectivity index (χ3v) is 11.9. The van der Waals surface area contributed by atoms with E-state index in [2.05, 4.69) is 63.8 Å². The Balaban J connectivity index is 0.914. The Labute approximate surface area is 361 Å². The van der Waals surface area contributed by atoms with E-state index in [1.165, 1.54) is 11.1 Å². The van der Waals surface area contributed by atoms with Crippen LogP contribution in [-0.2, 0) is 22.6 Å². The van der Waals surface area contributed by atoms with Crippen molar-refractivity contribution in [2.24, 2.45) is 0 Å². The van der Waals surface area contributed by atoms with Crippen molar-refractivity contribution in [3.63, 3.8) is 0 Å². The van der Waals surface area contributed by atoms with Crippen LogP contribution < -0.4 is 20.7 Å². The lowest BCUT2D eigenvalue weighted by Crippen LogP contribution is -2.49. The lowest BCUT2D eigenvalue weighted by molar-refractivity contribution is -0.123. The van der Waals surface area contributed by atoms with Crippen LogP contribution in [0.4, 0.5) is 4.39 Å². The summed E-state index contributed by atoms with van der Waals surface area (Å²) in [4.78, 5) is 57.8. The molecule has 0 radical (unpaired) electrons. The van der Waals surface area contributed by atoms with E-state index in [4.69, 9.17) is 9.47 Å². The molecule has 3 fully saturated rings. The van der Waals surface area contributed by atoms with E-state index in [-0.39, 0.29) is 41.4 Å². The summed E-state index contributed by atoms with van der Waals surface area (Å²) >= 11 is 0. The SMILES string of the molecule is CC(C)NC(=O)CN1CCN(Cc2ccc(-c3cccc(Oc4ncc(F)cc4C(=O)NC4CCC(NC(=O)c5cccc6[nH]cnc56)CC4)c3)c(CN3CCOCC3)c2)CC1. The van der Waals surface area contributed by atoms with Crippen molar-refractivity contribution in [2.45, 2.75) is 70.7 Å². The maximum atomic E-state index is 14.6. The number of aromatic nitrogens is 3. The molecule has 1 saturated carbocycles. The molecule has 0 unspecified atom stereocenters. The summed E-state index contributed by atoms with van der Waals surface area (Å²) < 4.78 is 26.6. The predicted octanol–water partition coefficient (Wildman–Crippen LogP) is 5.50. The number of hydrogen-bond acceptors (Lipinski definition) is 10. The molecule has 4 N–H and O–H groups in total. The fourth-order valence-corrected chi connectivity index (χ4v) is 8.66. The molecule has 0 bridgehead atoms. The van der Waals surface area contributed by atoms with E-state index in [1.807, 2.05) is 44.2 Å².